The van der Waals surface area contributed by atoms with E-state index < -0.39 is 0 Å². The average Bonchev–Trinajstić information content (AvgIpc) is 2.48. The van der Waals surface area contributed by atoms with Crippen molar-refractivity contribution in [2.24, 2.45) is 0 Å². The van der Waals surface area contributed by atoms with Crippen molar-refractivity contribution in [2.75, 3.05) is 11.9 Å². The summed E-state index contributed by atoms with van der Waals surface area (Å²) in [7, 11) is 0. The molecule has 2 aromatic rings. The van der Waals surface area contributed by atoms with Gasteiger partial charge in [0.15, 0.2) is 0 Å². The molecule has 0 radical (unpaired) electrons. The van der Waals surface area contributed by atoms with Crippen LogP contribution >= 0.6 is 0 Å². The van der Waals surface area contributed by atoms with Crippen LogP contribution in [0.5, 0.6) is 0 Å². The number of hydrogen-bond donors (Lipinski definition) is 2. The van der Waals surface area contributed by atoms with Crippen LogP contribution in [0.2, 0.25) is 0 Å². The molecule has 0 bridgehead atoms. The van der Waals surface area contributed by atoms with Crippen molar-refractivity contribution in [3.63, 3.8) is 0 Å². The van der Waals surface area contributed by atoms with Crippen LogP contribution in [0.15, 0.2) is 48.5 Å². The number of hydrogen-bond acceptors (Lipinski definition) is 2. The van der Waals surface area contributed by atoms with Crippen LogP contribution in [0.3, 0.4) is 0 Å². The van der Waals surface area contributed by atoms with Gasteiger partial charge in [0, 0.05) is 11.7 Å². The van der Waals surface area contributed by atoms with Crippen molar-refractivity contribution in [1.82, 2.24) is 5.32 Å². The van der Waals surface area contributed by atoms with Gasteiger partial charge >= 0.3 is 0 Å². The molecule has 0 spiro atoms. The molecule has 0 aromatic heterocycles. The SMILES string of the molecule is CC(NCC(=O)Nc1ccc(F)cc1)c1ccc(F)cc1. The normalized spacial score (nSPS) is 12.0. The summed E-state index contributed by atoms with van der Waals surface area (Å²) in [6, 6.07) is 11.6. The van der Waals surface area contributed by atoms with Gasteiger partial charge in [-0.25, -0.2) is 8.78 Å². The molecule has 1 atom stereocenters. The molecule has 0 aliphatic carbocycles. The molecule has 2 aromatic carbocycles. The fraction of sp³-hybridized carbons (Fsp3) is 0.188. The summed E-state index contributed by atoms with van der Waals surface area (Å²) in [5.41, 5.74) is 1.43. The minimum Gasteiger partial charge on any atom is -0.325 e. The first-order valence-corrected chi connectivity index (χ1v) is 6.59. The Balaban J connectivity index is 1.83. The molecule has 5 heteroatoms. The number of amides is 1. The zero-order valence-electron chi connectivity index (χ0n) is 11.6. The Morgan fingerprint density at radius 3 is 2.10 bits per heavy atom. The third kappa shape index (κ3) is 4.65. The molecule has 2 rings (SSSR count). The molecular weight excluding hydrogens is 274 g/mol. The van der Waals surface area contributed by atoms with Gasteiger partial charge in [-0.05, 0) is 48.9 Å². The molecule has 0 aliphatic heterocycles. The predicted octanol–water partition coefficient (Wildman–Crippen LogP) is 3.25. The maximum absolute atomic E-state index is 12.8. The minimum absolute atomic E-state index is 0.0791. The lowest BCUT2D eigenvalue weighted by Gasteiger charge is -2.14. The van der Waals surface area contributed by atoms with Gasteiger partial charge in [0.05, 0.1) is 6.54 Å². The van der Waals surface area contributed by atoms with Gasteiger partial charge in [-0.3, -0.25) is 4.79 Å². The van der Waals surface area contributed by atoms with E-state index in [0.717, 1.165) is 5.56 Å². The number of carbonyl (C=O) groups excluding carboxylic acids is 1. The largest absolute Gasteiger partial charge is 0.325 e. The van der Waals surface area contributed by atoms with Gasteiger partial charge in [0.2, 0.25) is 5.91 Å². The lowest BCUT2D eigenvalue weighted by atomic mass is 10.1. The van der Waals surface area contributed by atoms with Gasteiger partial charge in [0.1, 0.15) is 11.6 Å². The second kappa shape index (κ2) is 6.95. The highest BCUT2D eigenvalue weighted by molar-refractivity contribution is 5.92. The quantitative estimate of drug-likeness (QED) is 0.887. The Morgan fingerprint density at radius 2 is 1.52 bits per heavy atom. The zero-order valence-corrected chi connectivity index (χ0v) is 11.6. The predicted molar refractivity (Wildman–Crippen MR) is 77.8 cm³/mol. The lowest BCUT2D eigenvalue weighted by Crippen LogP contribution is -2.30. The molecule has 21 heavy (non-hydrogen) atoms. The Morgan fingerprint density at radius 1 is 1.00 bits per heavy atom. The van der Waals surface area contributed by atoms with Gasteiger partial charge in [-0.2, -0.15) is 0 Å². The molecular formula is C16H16F2N2O. The Labute approximate surface area is 122 Å². The Hall–Kier alpha value is -2.27. The molecule has 2 N–H and O–H groups in total. The van der Waals surface area contributed by atoms with Crippen LogP contribution in [0.1, 0.15) is 18.5 Å². The molecule has 3 nitrogen and oxygen atoms in total. The summed E-state index contributed by atoms with van der Waals surface area (Å²) < 4.78 is 25.6. The van der Waals surface area contributed by atoms with Crippen molar-refractivity contribution in [1.29, 1.82) is 0 Å². The van der Waals surface area contributed by atoms with Crippen LogP contribution < -0.4 is 10.6 Å². The van der Waals surface area contributed by atoms with Crippen LogP contribution in [0.25, 0.3) is 0 Å². The van der Waals surface area contributed by atoms with E-state index in [2.05, 4.69) is 10.6 Å². The van der Waals surface area contributed by atoms with Crippen molar-refractivity contribution < 1.29 is 13.6 Å². The van der Waals surface area contributed by atoms with E-state index in [1.54, 1.807) is 12.1 Å². The third-order valence-corrected chi connectivity index (χ3v) is 3.07. The first kappa shape index (κ1) is 15.1. The number of nitrogens with one attached hydrogen (secondary N) is 2. The Kier molecular flexibility index (Phi) is 5.00. The van der Waals surface area contributed by atoms with E-state index in [4.69, 9.17) is 0 Å². The second-order valence-electron chi connectivity index (χ2n) is 4.71. The van der Waals surface area contributed by atoms with Crippen LogP contribution in [-0.2, 0) is 4.79 Å². The highest BCUT2D eigenvalue weighted by atomic mass is 19.1. The van der Waals surface area contributed by atoms with E-state index in [1.807, 2.05) is 6.92 Å². The van der Waals surface area contributed by atoms with E-state index in [1.165, 1.54) is 36.4 Å². The van der Waals surface area contributed by atoms with E-state index in [9.17, 15) is 13.6 Å². The molecule has 0 saturated heterocycles. The monoisotopic (exact) mass is 290 g/mol. The van der Waals surface area contributed by atoms with E-state index in [0.29, 0.717) is 5.69 Å². The first-order valence-electron chi connectivity index (χ1n) is 6.59. The summed E-state index contributed by atoms with van der Waals surface area (Å²) in [6.07, 6.45) is 0. The van der Waals surface area contributed by atoms with Gasteiger partial charge in [-0.15, -0.1) is 0 Å². The number of anilines is 1. The zero-order chi connectivity index (χ0) is 15.2. The van der Waals surface area contributed by atoms with Crippen molar-refractivity contribution in [2.45, 2.75) is 13.0 Å². The van der Waals surface area contributed by atoms with E-state index >= 15 is 0 Å². The van der Waals surface area contributed by atoms with E-state index in [-0.39, 0.29) is 30.1 Å². The number of benzene rings is 2. The molecule has 0 heterocycles. The highest BCUT2D eigenvalue weighted by Gasteiger charge is 2.08. The van der Waals surface area contributed by atoms with Crippen LogP contribution in [0, 0.1) is 11.6 Å². The maximum Gasteiger partial charge on any atom is 0.238 e. The third-order valence-electron chi connectivity index (χ3n) is 3.07. The number of halogens is 2. The Bertz CT molecular complexity index is 597. The fourth-order valence-electron chi connectivity index (χ4n) is 1.85. The first-order chi connectivity index (χ1) is 10.0. The van der Waals surface area contributed by atoms with Gasteiger partial charge in [0.25, 0.3) is 0 Å². The summed E-state index contributed by atoms with van der Waals surface area (Å²) in [4.78, 5) is 11.8. The van der Waals surface area contributed by atoms with Crippen molar-refractivity contribution in [3.05, 3.63) is 65.7 Å². The molecule has 110 valence electrons. The fourth-order valence-corrected chi connectivity index (χ4v) is 1.85. The molecule has 0 aliphatic rings. The van der Waals surface area contributed by atoms with Crippen LogP contribution in [0.4, 0.5) is 14.5 Å². The summed E-state index contributed by atoms with van der Waals surface area (Å²) in [5, 5.41) is 5.70. The summed E-state index contributed by atoms with van der Waals surface area (Å²) in [5.74, 6) is -0.869. The molecule has 1 unspecified atom stereocenters. The molecule has 1 amide bonds. The molecule has 0 fully saturated rings. The minimum atomic E-state index is -0.351. The number of carbonyl (C=O) groups is 1. The summed E-state index contributed by atoms with van der Waals surface area (Å²) >= 11 is 0. The van der Waals surface area contributed by atoms with Gasteiger partial charge in [-0.1, -0.05) is 12.1 Å². The smallest absolute Gasteiger partial charge is 0.238 e. The number of rotatable bonds is 5. The maximum atomic E-state index is 12.8. The van der Waals surface area contributed by atoms with Crippen LogP contribution in [-0.4, -0.2) is 12.5 Å². The lowest BCUT2D eigenvalue weighted by molar-refractivity contribution is -0.115. The molecule has 0 saturated carbocycles. The van der Waals surface area contributed by atoms with Crippen molar-refractivity contribution >= 4 is 11.6 Å². The van der Waals surface area contributed by atoms with Crippen molar-refractivity contribution in [3.8, 4) is 0 Å². The topological polar surface area (TPSA) is 41.1 Å². The second-order valence-corrected chi connectivity index (χ2v) is 4.71. The summed E-state index contributed by atoms with van der Waals surface area (Å²) in [6.45, 7) is 1.99. The standard InChI is InChI=1S/C16H16F2N2O/c1-11(12-2-4-13(17)5-3-12)19-10-16(21)20-15-8-6-14(18)7-9-15/h2-9,11,19H,10H2,1H3,(H,20,21). The highest BCUT2D eigenvalue weighted by Crippen LogP contribution is 2.12. The average molecular weight is 290 g/mol. The van der Waals surface area contributed by atoms with Gasteiger partial charge < -0.3 is 10.6 Å².